The summed E-state index contributed by atoms with van der Waals surface area (Å²) in [6.07, 6.45) is 5.66. The van der Waals surface area contributed by atoms with Crippen LogP contribution in [0.3, 0.4) is 0 Å². The van der Waals surface area contributed by atoms with Crippen molar-refractivity contribution in [2.24, 2.45) is 11.8 Å². The van der Waals surface area contributed by atoms with Crippen molar-refractivity contribution in [2.75, 3.05) is 19.0 Å². The molecule has 0 saturated heterocycles. The summed E-state index contributed by atoms with van der Waals surface area (Å²) >= 11 is 5.91. The molecular formula is C13H26ClN. The Morgan fingerprint density at radius 3 is 2.20 bits per heavy atom. The lowest BCUT2D eigenvalue weighted by molar-refractivity contribution is 0.159. The third-order valence-corrected chi connectivity index (χ3v) is 3.78. The Balaban J connectivity index is 2.43. The molecule has 0 spiro atoms. The number of hydrogen-bond donors (Lipinski definition) is 0. The summed E-state index contributed by atoms with van der Waals surface area (Å²) in [5.41, 5.74) is 0. The van der Waals surface area contributed by atoms with Gasteiger partial charge in [-0.25, -0.2) is 0 Å². The van der Waals surface area contributed by atoms with Crippen LogP contribution >= 0.6 is 11.6 Å². The van der Waals surface area contributed by atoms with Crippen LogP contribution in [0.2, 0.25) is 0 Å². The molecule has 0 N–H and O–H groups in total. The molecule has 90 valence electrons. The Hall–Kier alpha value is 0.250. The molecule has 0 heterocycles. The van der Waals surface area contributed by atoms with E-state index in [1.54, 1.807) is 0 Å². The van der Waals surface area contributed by atoms with Gasteiger partial charge in [-0.05, 0) is 24.7 Å². The minimum Gasteiger partial charge on any atom is -0.300 e. The van der Waals surface area contributed by atoms with Crippen LogP contribution in [-0.2, 0) is 0 Å². The number of halogens is 1. The van der Waals surface area contributed by atoms with Crippen molar-refractivity contribution in [1.82, 2.24) is 4.90 Å². The fourth-order valence-corrected chi connectivity index (χ4v) is 2.66. The predicted octanol–water partition coefficient (Wildman–Crippen LogP) is 3.76. The van der Waals surface area contributed by atoms with E-state index in [0.29, 0.717) is 5.92 Å². The van der Waals surface area contributed by atoms with Crippen molar-refractivity contribution in [3.05, 3.63) is 0 Å². The summed E-state index contributed by atoms with van der Waals surface area (Å²) in [6.45, 7) is 9.31. The topological polar surface area (TPSA) is 3.24 Å². The highest BCUT2D eigenvalue weighted by atomic mass is 35.5. The van der Waals surface area contributed by atoms with E-state index in [0.717, 1.165) is 17.8 Å². The fraction of sp³-hybridized carbons (Fsp3) is 1.00. The second-order valence-electron chi connectivity index (χ2n) is 5.55. The van der Waals surface area contributed by atoms with Gasteiger partial charge < -0.3 is 0 Å². The molecule has 15 heavy (non-hydrogen) atoms. The van der Waals surface area contributed by atoms with Crippen LogP contribution in [0, 0.1) is 11.8 Å². The third kappa shape index (κ3) is 4.74. The zero-order valence-electron chi connectivity index (χ0n) is 10.5. The lowest BCUT2D eigenvalue weighted by Gasteiger charge is -2.32. The number of hydrogen-bond acceptors (Lipinski definition) is 1. The molecule has 2 heteroatoms. The van der Waals surface area contributed by atoms with Gasteiger partial charge in [0.05, 0.1) is 0 Å². The van der Waals surface area contributed by atoms with E-state index in [1.807, 2.05) is 0 Å². The van der Waals surface area contributed by atoms with E-state index in [2.05, 4.69) is 25.7 Å². The molecule has 1 atom stereocenters. The summed E-state index contributed by atoms with van der Waals surface area (Å²) in [4.78, 5) is 2.69. The molecule has 1 rings (SSSR count). The summed E-state index contributed by atoms with van der Waals surface area (Å²) in [7, 11) is 0. The predicted molar refractivity (Wildman–Crippen MR) is 68.6 cm³/mol. The van der Waals surface area contributed by atoms with Crippen molar-refractivity contribution in [1.29, 1.82) is 0 Å². The van der Waals surface area contributed by atoms with Crippen molar-refractivity contribution in [3.63, 3.8) is 0 Å². The normalized spacial score (nSPS) is 20.4. The zero-order valence-corrected chi connectivity index (χ0v) is 11.3. The molecule has 0 aromatic heterocycles. The largest absolute Gasteiger partial charge is 0.300 e. The van der Waals surface area contributed by atoms with Crippen LogP contribution in [0.5, 0.6) is 0 Å². The van der Waals surface area contributed by atoms with Crippen LogP contribution in [0.1, 0.15) is 46.5 Å². The van der Waals surface area contributed by atoms with E-state index < -0.39 is 0 Å². The molecule has 0 aliphatic heterocycles. The van der Waals surface area contributed by atoms with E-state index in [1.165, 1.54) is 38.8 Å². The van der Waals surface area contributed by atoms with Gasteiger partial charge in [0.15, 0.2) is 0 Å². The van der Waals surface area contributed by atoms with Gasteiger partial charge in [0.1, 0.15) is 0 Å². The third-order valence-electron chi connectivity index (χ3n) is 3.25. The van der Waals surface area contributed by atoms with Gasteiger partial charge in [0.25, 0.3) is 0 Å². The van der Waals surface area contributed by atoms with E-state index in [9.17, 15) is 0 Å². The van der Waals surface area contributed by atoms with Gasteiger partial charge in [-0.1, -0.05) is 33.6 Å². The lowest BCUT2D eigenvalue weighted by atomic mass is 10.1. The molecule has 1 fully saturated rings. The van der Waals surface area contributed by atoms with Gasteiger partial charge in [-0.15, -0.1) is 11.6 Å². The molecule has 1 aliphatic rings. The molecule has 1 aliphatic carbocycles. The van der Waals surface area contributed by atoms with Crippen LogP contribution in [0.4, 0.5) is 0 Å². The van der Waals surface area contributed by atoms with E-state index in [-0.39, 0.29) is 0 Å². The molecule has 0 amide bonds. The van der Waals surface area contributed by atoms with Crippen molar-refractivity contribution < 1.29 is 0 Å². The molecule has 1 unspecified atom stereocenters. The van der Waals surface area contributed by atoms with Gasteiger partial charge in [0.2, 0.25) is 0 Å². The van der Waals surface area contributed by atoms with Crippen molar-refractivity contribution in [2.45, 2.75) is 52.5 Å². The average molecular weight is 232 g/mol. The number of nitrogens with zero attached hydrogens (tertiary/aromatic N) is 1. The lowest BCUT2D eigenvalue weighted by Crippen LogP contribution is -2.39. The standard InChI is InChI=1S/C13H26ClN/c1-11(2)9-15(10-12(3)8-14)13-6-4-5-7-13/h11-13H,4-10H2,1-3H3. The van der Waals surface area contributed by atoms with E-state index in [4.69, 9.17) is 11.6 Å². The highest BCUT2D eigenvalue weighted by Crippen LogP contribution is 2.25. The average Bonchev–Trinajstić information content (AvgIpc) is 2.68. The smallest absolute Gasteiger partial charge is 0.0261 e. The Morgan fingerprint density at radius 1 is 1.13 bits per heavy atom. The maximum Gasteiger partial charge on any atom is 0.0261 e. The summed E-state index contributed by atoms with van der Waals surface area (Å²) < 4.78 is 0. The van der Waals surface area contributed by atoms with Gasteiger partial charge >= 0.3 is 0 Å². The molecule has 0 bridgehead atoms. The first kappa shape index (κ1) is 13.3. The monoisotopic (exact) mass is 231 g/mol. The summed E-state index contributed by atoms with van der Waals surface area (Å²) in [5, 5.41) is 0. The maximum atomic E-state index is 5.91. The Labute approximate surface area is 100 Å². The van der Waals surface area contributed by atoms with Gasteiger partial charge in [-0.3, -0.25) is 4.90 Å². The number of alkyl halides is 1. The van der Waals surface area contributed by atoms with Crippen LogP contribution in [0.15, 0.2) is 0 Å². The Morgan fingerprint density at radius 2 is 1.73 bits per heavy atom. The SMILES string of the molecule is CC(C)CN(CC(C)CCl)C1CCCC1. The van der Waals surface area contributed by atoms with Crippen LogP contribution in [-0.4, -0.2) is 29.9 Å². The second kappa shape index (κ2) is 6.75. The second-order valence-corrected chi connectivity index (χ2v) is 5.85. The van der Waals surface area contributed by atoms with Gasteiger partial charge in [-0.2, -0.15) is 0 Å². The molecule has 0 radical (unpaired) electrons. The summed E-state index contributed by atoms with van der Waals surface area (Å²) in [6, 6.07) is 0.845. The fourth-order valence-electron chi connectivity index (χ4n) is 2.56. The van der Waals surface area contributed by atoms with Crippen molar-refractivity contribution >= 4 is 11.6 Å². The van der Waals surface area contributed by atoms with Crippen LogP contribution in [0.25, 0.3) is 0 Å². The molecular weight excluding hydrogens is 206 g/mol. The van der Waals surface area contributed by atoms with E-state index >= 15 is 0 Å². The Bertz CT molecular complexity index is 164. The first-order valence-corrected chi connectivity index (χ1v) is 6.97. The minimum atomic E-state index is 0.631. The number of rotatable bonds is 6. The minimum absolute atomic E-state index is 0.631. The highest BCUT2D eigenvalue weighted by Gasteiger charge is 2.23. The quantitative estimate of drug-likeness (QED) is 0.630. The first-order chi connectivity index (χ1) is 7.13. The highest BCUT2D eigenvalue weighted by molar-refractivity contribution is 6.18. The first-order valence-electron chi connectivity index (χ1n) is 6.43. The maximum absolute atomic E-state index is 5.91. The Kier molecular flexibility index (Phi) is 5.99. The summed E-state index contributed by atoms with van der Waals surface area (Å²) in [5.74, 6) is 2.19. The molecule has 0 aromatic carbocycles. The molecule has 1 nitrogen and oxygen atoms in total. The van der Waals surface area contributed by atoms with Crippen molar-refractivity contribution in [3.8, 4) is 0 Å². The van der Waals surface area contributed by atoms with Crippen LogP contribution < -0.4 is 0 Å². The molecule has 1 saturated carbocycles. The zero-order chi connectivity index (χ0) is 11.3. The molecule has 0 aromatic rings. The van der Waals surface area contributed by atoms with Gasteiger partial charge in [0, 0.05) is 25.0 Å².